The molecule has 0 radical (unpaired) electrons. The predicted octanol–water partition coefficient (Wildman–Crippen LogP) is 1.94. The fourth-order valence-electron chi connectivity index (χ4n) is 2.52. The van der Waals surface area contributed by atoms with Gasteiger partial charge in [-0.05, 0) is 30.7 Å². The summed E-state index contributed by atoms with van der Waals surface area (Å²) < 4.78 is 1.97. The normalized spacial score (nSPS) is 14.5. The van der Waals surface area contributed by atoms with Crippen molar-refractivity contribution in [2.24, 2.45) is 13.0 Å². The Morgan fingerprint density at radius 2 is 2.26 bits per heavy atom. The van der Waals surface area contributed by atoms with Crippen LogP contribution in [0.2, 0.25) is 0 Å². The number of benzene rings is 1. The highest BCUT2D eigenvalue weighted by atomic mass is 16.4. The van der Waals surface area contributed by atoms with Gasteiger partial charge in [-0.1, -0.05) is 13.0 Å². The number of hydrogen-bond acceptors (Lipinski definition) is 3. The van der Waals surface area contributed by atoms with Crippen LogP contribution in [-0.2, 0) is 11.8 Å². The molecule has 102 valence electrons. The highest BCUT2D eigenvalue weighted by Crippen LogP contribution is 2.26. The largest absolute Gasteiger partial charge is 0.481 e. The number of fused-ring (bicyclic) bond motifs is 1. The lowest BCUT2D eigenvalue weighted by atomic mass is 9.92. The fourth-order valence-corrected chi connectivity index (χ4v) is 2.52. The standard InChI is InChI=1S/C14H19N3O2/c1-9(6-13(18)19)14(15-2)10-4-5-12-11(7-10)16-8-17(12)3/h4-5,7-9,14-15H,6H2,1-3H3,(H,18,19). The first kappa shape index (κ1) is 13.5. The summed E-state index contributed by atoms with van der Waals surface area (Å²) in [5, 5.41) is 12.1. The van der Waals surface area contributed by atoms with E-state index >= 15 is 0 Å². The van der Waals surface area contributed by atoms with Crippen molar-refractivity contribution < 1.29 is 9.90 Å². The number of carboxylic acid groups (broad SMARTS) is 1. The second-order valence-electron chi connectivity index (χ2n) is 4.95. The first-order chi connectivity index (χ1) is 9.02. The molecule has 1 heterocycles. The Balaban J connectivity index is 2.32. The van der Waals surface area contributed by atoms with Crippen LogP contribution >= 0.6 is 0 Å². The second kappa shape index (κ2) is 5.40. The van der Waals surface area contributed by atoms with Gasteiger partial charge in [0.25, 0.3) is 0 Å². The smallest absolute Gasteiger partial charge is 0.303 e. The molecule has 0 amide bonds. The number of nitrogens with one attached hydrogen (secondary N) is 1. The molecule has 2 rings (SSSR count). The first-order valence-electron chi connectivity index (χ1n) is 6.33. The summed E-state index contributed by atoms with van der Waals surface area (Å²) in [7, 11) is 3.81. The van der Waals surface area contributed by atoms with Crippen LogP contribution in [0.5, 0.6) is 0 Å². The molecule has 0 aliphatic rings. The minimum absolute atomic E-state index is 0.0162. The van der Waals surface area contributed by atoms with Crippen LogP contribution in [0, 0.1) is 5.92 Å². The van der Waals surface area contributed by atoms with Gasteiger partial charge >= 0.3 is 5.97 Å². The van der Waals surface area contributed by atoms with Gasteiger partial charge in [0.1, 0.15) is 0 Å². The zero-order valence-electron chi connectivity index (χ0n) is 11.4. The average Bonchev–Trinajstić information content (AvgIpc) is 2.71. The molecule has 0 aliphatic carbocycles. The molecule has 0 saturated heterocycles. The third kappa shape index (κ3) is 2.76. The third-order valence-electron chi connectivity index (χ3n) is 3.49. The van der Waals surface area contributed by atoms with Crippen LogP contribution in [0.25, 0.3) is 11.0 Å². The molecule has 0 spiro atoms. The number of aromatic nitrogens is 2. The van der Waals surface area contributed by atoms with E-state index in [0.717, 1.165) is 16.6 Å². The number of rotatable bonds is 5. The predicted molar refractivity (Wildman–Crippen MR) is 73.9 cm³/mol. The Morgan fingerprint density at radius 3 is 2.89 bits per heavy atom. The van der Waals surface area contributed by atoms with E-state index < -0.39 is 5.97 Å². The molecule has 2 atom stereocenters. The molecule has 2 N–H and O–H groups in total. The molecule has 19 heavy (non-hydrogen) atoms. The monoisotopic (exact) mass is 261 g/mol. The van der Waals surface area contributed by atoms with E-state index in [1.54, 1.807) is 6.33 Å². The minimum Gasteiger partial charge on any atom is -0.481 e. The number of imidazole rings is 1. The SMILES string of the molecule is CNC(c1ccc2c(c1)ncn2C)C(C)CC(=O)O. The Bertz CT molecular complexity index is 591. The summed E-state index contributed by atoms with van der Waals surface area (Å²) in [5.74, 6) is -0.754. The molecule has 2 unspecified atom stereocenters. The summed E-state index contributed by atoms with van der Waals surface area (Å²) in [6.07, 6.45) is 1.93. The van der Waals surface area contributed by atoms with Gasteiger partial charge < -0.3 is 15.0 Å². The van der Waals surface area contributed by atoms with E-state index in [0.29, 0.717) is 0 Å². The van der Waals surface area contributed by atoms with E-state index in [1.165, 1.54) is 0 Å². The molecule has 2 aromatic rings. The molecule has 5 nitrogen and oxygen atoms in total. The van der Waals surface area contributed by atoms with Crippen LogP contribution in [0.4, 0.5) is 0 Å². The van der Waals surface area contributed by atoms with E-state index in [4.69, 9.17) is 5.11 Å². The molecular formula is C14H19N3O2. The maximum absolute atomic E-state index is 10.8. The van der Waals surface area contributed by atoms with Gasteiger partial charge in [-0.15, -0.1) is 0 Å². The summed E-state index contributed by atoms with van der Waals surface area (Å²) in [6, 6.07) is 6.09. The van der Waals surface area contributed by atoms with Crippen LogP contribution in [0.3, 0.4) is 0 Å². The molecule has 0 saturated carbocycles. The second-order valence-corrected chi connectivity index (χ2v) is 4.95. The maximum atomic E-state index is 10.8. The van der Waals surface area contributed by atoms with Crippen LogP contribution in [-0.4, -0.2) is 27.7 Å². The zero-order valence-corrected chi connectivity index (χ0v) is 11.4. The highest BCUT2D eigenvalue weighted by Gasteiger charge is 2.20. The lowest BCUT2D eigenvalue weighted by molar-refractivity contribution is -0.138. The van der Waals surface area contributed by atoms with E-state index in [2.05, 4.69) is 10.3 Å². The Hall–Kier alpha value is -1.88. The Labute approximate surface area is 112 Å². The summed E-state index contributed by atoms with van der Waals surface area (Å²) in [6.45, 7) is 1.94. The molecule has 5 heteroatoms. The van der Waals surface area contributed by atoms with Gasteiger partial charge in [0.05, 0.1) is 17.4 Å². The van der Waals surface area contributed by atoms with Crippen molar-refractivity contribution in [3.63, 3.8) is 0 Å². The van der Waals surface area contributed by atoms with Crippen LogP contribution in [0.1, 0.15) is 24.9 Å². The van der Waals surface area contributed by atoms with Crippen molar-refractivity contribution in [1.82, 2.24) is 14.9 Å². The van der Waals surface area contributed by atoms with Crippen molar-refractivity contribution in [1.29, 1.82) is 0 Å². The number of aryl methyl sites for hydroxylation is 1. The Kier molecular flexibility index (Phi) is 3.85. The number of carboxylic acids is 1. The summed E-state index contributed by atoms with van der Waals surface area (Å²) in [4.78, 5) is 15.2. The number of carbonyl (C=O) groups is 1. The third-order valence-corrected chi connectivity index (χ3v) is 3.49. The lowest BCUT2D eigenvalue weighted by Crippen LogP contribution is -2.25. The molecule has 1 aromatic heterocycles. The summed E-state index contributed by atoms with van der Waals surface area (Å²) >= 11 is 0. The van der Waals surface area contributed by atoms with E-state index in [9.17, 15) is 4.79 Å². The van der Waals surface area contributed by atoms with Gasteiger partial charge in [-0.3, -0.25) is 4.79 Å². The van der Waals surface area contributed by atoms with Crippen LogP contribution < -0.4 is 5.32 Å². The maximum Gasteiger partial charge on any atom is 0.303 e. The summed E-state index contributed by atoms with van der Waals surface area (Å²) in [5.41, 5.74) is 3.08. The molecular weight excluding hydrogens is 242 g/mol. The lowest BCUT2D eigenvalue weighted by Gasteiger charge is -2.22. The number of hydrogen-bond donors (Lipinski definition) is 2. The minimum atomic E-state index is -0.772. The van der Waals surface area contributed by atoms with E-state index in [-0.39, 0.29) is 18.4 Å². The van der Waals surface area contributed by atoms with Gasteiger partial charge in [0.15, 0.2) is 0 Å². The quantitative estimate of drug-likeness (QED) is 0.863. The zero-order chi connectivity index (χ0) is 14.0. The van der Waals surface area contributed by atoms with E-state index in [1.807, 2.05) is 43.8 Å². The van der Waals surface area contributed by atoms with Crippen molar-refractivity contribution >= 4 is 17.0 Å². The first-order valence-corrected chi connectivity index (χ1v) is 6.33. The van der Waals surface area contributed by atoms with Crippen molar-refractivity contribution in [2.75, 3.05) is 7.05 Å². The topological polar surface area (TPSA) is 67.2 Å². The van der Waals surface area contributed by atoms with Crippen LogP contribution in [0.15, 0.2) is 24.5 Å². The van der Waals surface area contributed by atoms with Crippen molar-refractivity contribution in [3.8, 4) is 0 Å². The molecule has 1 aromatic carbocycles. The van der Waals surface area contributed by atoms with Crippen molar-refractivity contribution in [2.45, 2.75) is 19.4 Å². The molecule has 0 fully saturated rings. The fraction of sp³-hybridized carbons (Fsp3) is 0.429. The van der Waals surface area contributed by atoms with Crippen molar-refractivity contribution in [3.05, 3.63) is 30.1 Å². The van der Waals surface area contributed by atoms with Gasteiger partial charge in [0.2, 0.25) is 0 Å². The molecule has 0 bridgehead atoms. The number of aliphatic carboxylic acids is 1. The number of nitrogens with zero attached hydrogens (tertiary/aromatic N) is 2. The van der Waals surface area contributed by atoms with Gasteiger partial charge in [-0.25, -0.2) is 4.98 Å². The Morgan fingerprint density at radius 1 is 1.53 bits per heavy atom. The van der Waals surface area contributed by atoms with Gasteiger partial charge in [0, 0.05) is 19.5 Å². The average molecular weight is 261 g/mol. The highest BCUT2D eigenvalue weighted by molar-refractivity contribution is 5.76. The van der Waals surface area contributed by atoms with Gasteiger partial charge in [-0.2, -0.15) is 0 Å². The molecule has 0 aliphatic heterocycles.